The summed E-state index contributed by atoms with van der Waals surface area (Å²) in [5.74, 6) is 0.945. The highest BCUT2D eigenvalue weighted by atomic mass is 16.5. The summed E-state index contributed by atoms with van der Waals surface area (Å²) >= 11 is 0. The second-order valence-corrected chi connectivity index (χ2v) is 2.87. The summed E-state index contributed by atoms with van der Waals surface area (Å²) in [5, 5.41) is 0. The number of ether oxygens (including phenoxy) is 1. The lowest BCUT2D eigenvalue weighted by atomic mass is 10.1. The van der Waals surface area contributed by atoms with Crippen molar-refractivity contribution in [3.63, 3.8) is 0 Å². The molecule has 0 heterocycles. The Hall–Kier alpha value is -1.24. The number of aryl methyl sites for hydroxylation is 2. The van der Waals surface area contributed by atoms with Gasteiger partial charge in [0.2, 0.25) is 0 Å². The molecule has 1 aromatic rings. The van der Waals surface area contributed by atoms with Crippen LogP contribution in [0.4, 0.5) is 0 Å². The summed E-state index contributed by atoms with van der Waals surface area (Å²) in [6.45, 7) is 8.29. The van der Waals surface area contributed by atoms with Crippen molar-refractivity contribution in [2.45, 2.75) is 13.8 Å². The molecule has 0 aliphatic rings. The van der Waals surface area contributed by atoms with Gasteiger partial charge < -0.3 is 4.74 Å². The molecular formula is C11H14O. The molecule has 1 rings (SSSR count). The molecule has 1 heteroatoms. The van der Waals surface area contributed by atoms with E-state index in [1.165, 1.54) is 11.1 Å². The van der Waals surface area contributed by atoms with Gasteiger partial charge in [0, 0.05) is 0 Å². The molecule has 0 spiro atoms. The summed E-state index contributed by atoms with van der Waals surface area (Å²) in [7, 11) is 0. The monoisotopic (exact) mass is 162 g/mol. The average Bonchev–Trinajstić information content (AvgIpc) is 2.03. The van der Waals surface area contributed by atoms with Gasteiger partial charge in [-0.25, -0.2) is 0 Å². The summed E-state index contributed by atoms with van der Waals surface area (Å²) in [6, 6.07) is 6.15. The van der Waals surface area contributed by atoms with Gasteiger partial charge in [0.05, 0.1) is 0 Å². The van der Waals surface area contributed by atoms with E-state index in [2.05, 4.69) is 19.6 Å². The van der Waals surface area contributed by atoms with Crippen LogP contribution < -0.4 is 4.74 Å². The molecule has 0 bridgehead atoms. The summed E-state index contributed by atoms with van der Waals surface area (Å²) in [4.78, 5) is 0. The number of benzene rings is 1. The van der Waals surface area contributed by atoms with Crippen molar-refractivity contribution in [1.82, 2.24) is 0 Å². The Morgan fingerprint density at radius 2 is 2.17 bits per heavy atom. The zero-order valence-electron chi connectivity index (χ0n) is 7.63. The zero-order valence-corrected chi connectivity index (χ0v) is 7.63. The van der Waals surface area contributed by atoms with E-state index in [4.69, 9.17) is 4.74 Å². The normalized spacial score (nSPS) is 9.50. The molecule has 0 aliphatic heterocycles. The van der Waals surface area contributed by atoms with Crippen molar-refractivity contribution in [2.75, 3.05) is 6.61 Å². The number of hydrogen-bond acceptors (Lipinski definition) is 1. The first-order valence-corrected chi connectivity index (χ1v) is 4.05. The van der Waals surface area contributed by atoms with E-state index in [1.807, 2.05) is 19.1 Å². The minimum absolute atomic E-state index is 0.573. The third kappa shape index (κ3) is 2.12. The first kappa shape index (κ1) is 8.85. The van der Waals surface area contributed by atoms with Crippen LogP contribution in [0, 0.1) is 13.8 Å². The van der Waals surface area contributed by atoms with Crippen LogP contribution in [-0.4, -0.2) is 6.61 Å². The third-order valence-corrected chi connectivity index (χ3v) is 1.69. The van der Waals surface area contributed by atoms with Crippen LogP contribution in [0.15, 0.2) is 30.9 Å². The fourth-order valence-electron chi connectivity index (χ4n) is 1.11. The van der Waals surface area contributed by atoms with Crippen molar-refractivity contribution in [3.05, 3.63) is 42.0 Å². The summed E-state index contributed by atoms with van der Waals surface area (Å²) in [5.41, 5.74) is 2.44. The number of hydrogen-bond donors (Lipinski definition) is 0. The van der Waals surface area contributed by atoms with Crippen LogP contribution in [-0.2, 0) is 0 Å². The molecule has 0 radical (unpaired) electrons. The van der Waals surface area contributed by atoms with Crippen LogP contribution >= 0.6 is 0 Å². The van der Waals surface area contributed by atoms with Gasteiger partial charge >= 0.3 is 0 Å². The minimum atomic E-state index is 0.573. The van der Waals surface area contributed by atoms with Crippen molar-refractivity contribution in [1.29, 1.82) is 0 Å². The minimum Gasteiger partial charge on any atom is -0.489 e. The molecule has 0 aliphatic carbocycles. The van der Waals surface area contributed by atoms with E-state index in [1.54, 1.807) is 6.08 Å². The Morgan fingerprint density at radius 1 is 1.42 bits per heavy atom. The maximum absolute atomic E-state index is 5.42. The van der Waals surface area contributed by atoms with E-state index in [0.29, 0.717) is 6.61 Å². The fourth-order valence-corrected chi connectivity index (χ4v) is 1.11. The van der Waals surface area contributed by atoms with E-state index in [-0.39, 0.29) is 0 Å². The van der Waals surface area contributed by atoms with Gasteiger partial charge in [0.15, 0.2) is 0 Å². The van der Waals surface area contributed by atoms with Crippen LogP contribution in [0.1, 0.15) is 11.1 Å². The van der Waals surface area contributed by atoms with E-state index >= 15 is 0 Å². The van der Waals surface area contributed by atoms with Gasteiger partial charge in [-0.15, -0.1) is 0 Å². The van der Waals surface area contributed by atoms with Gasteiger partial charge in [-0.1, -0.05) is 30.4 Å². The molecule has 0 atom stereocenters. The Morgan fingerprint density at radius 3 is 2.75 bits per heavy atom. The molecule has 1 nitrogen and oxygen atoms in total. The molecule has 0 saturated heterocycles. The zero-order chi connectivity index (χ0) is 8.97. The highest BCUT2D eigenvalue weighted by molar-refractivity contribution is 5.35. The molecule has 0 saturated carbocycles. The Kier molecular flexibility index (Phi) is 2.92. The second kappa shape index (κ2) is 3.96. The average molecular weight is 162 g/mol. The fraction of sp³-hybridized carbons (Fsp3) is 0.273. The van der Waals surface area contributed by atoms with Crippen LogP contribution in [0.25, 0.3) is 0 Å². The highest BCUT2D eigenvalue weighted by Crippen LogP contribution is 2.18. The van der Waals surface area contributed by atoms with Gasteiger partial charge in [-0.2, -0.15) is 0 Å². The summed E-state index contributed by atoms with van der Waals surface area (Å²) < 4.78 is 5.42. The molecule has 12 heavy (non-hydrogen) atoms. The first-order valence-electron chi connectivity index (χ1n) is 4.05. The molecule has 64 valence electrons. The maximum Gasteiger partial charge on any atom is 0.122 e. The SMILES string of the molecule is C=CCOc1ccc(C)cc1C. The molecule has 0 N–H and O–H groups in total. The molecular weight excluding hydrogens is 148 g/mol. The first-order chi connectivity index (χ1) is 5.74. The van der Waals surface area contributed by atoms with E-state index in [0.717, 1.165) is 5.75 Å². The lowest BCUT2D eigenvalue weighted by Crippen LogP contribution is -1.94. The second-order valence-electron chi connectivity index (χ2n) is 2.87. The topological polar surface area (TPSA) is 9.23 Å². The van der Waals surface area contributed by atoms with Crippen molar-refractivity contribution >= 4 is 0 Å². The Balaban J connectivity index is 2.78. The van der Waals surface area contributed by atoms with Crippen molar-refractivity contribution < 1.29 is 4.74 Å². The van der Waals surface area contributed by atoms with Gasteiger partial charge in [-0.3, -0.25) is 0 Å². The lowest BCUT2D eigenvalue weighted by Gasteiger charge is -2.06. The summed E-state index contributed by atoms with van der Waals surface area (Å²) in [6.07, 6.45) is 1.75. The predicted octanol–water partition coefficient (Wildman–Crippen LogP) is 2.87. The molecule has 0 aromatic heterocycles. The largest absolute Gasteiger partial charge is 0.489 e. The van der Waals surface area contributed by atoms with Crippen LogP contribution in [0.3, 0.4) is 0 Å². The Labute approximate surface area is 73.7 Å². The van der Waals surface area contributed by atoms with Crippen LogP contribution in [0.2, 0.25) is 0 Å². The number of rotatable bonds is 3. The standard InChI is InChI=1S/C11H14O/c1-4-7-12-11-6-5-9(2)8-10(11)3/h4-6,8H,1,7H2,2-3H3. The molecule has 0 unspecified atom stereocenters. The highest BCUT2D eigenvalue weighted by Gasteiger charge is 1.96. The lowest BCUT2D eigenvalue weighted by molar-refractivity contribution is 0.360. The third-order valence-electron chi connectivity index (χ3n) is 1.69. The smallest absolute Gasteiger partial charge is 0.122 e. The van der Waals surface area contributed by atoms with Gasteiger partial charge in [-0.05, 0) is 25.5 Å². The van der Waals surface area contributed by atoms with Crippen molar-refractivity contribution in [3.8, 4) is 5.75 Å². The van der Waals surface area contributed by atoms with Crippen LogP contribution in [0.5, 0.6) is 5.75 Å². The predicted molar refractivity (Wildman–Crippen MR) is 51.6 cm³/mol. The van der Waals surface area contributed by atoms with E-state index in [9.17, 15) is 0 Å². The quantitative estimate of drug-likeness (QED) is 0.621. The molecule has 0 amide bonds. The van der Waals surface area contributed by atoms with Gasteiger partial charge in [0.1, 0.15) is 12.4 Å². The van der Waals surface area contributed by atoms with Crippen molar-refractivity contribution in [2.24, 2.45) is 0 Å². The van der Waals surface area contributed by atoms with Gasteiger partial charge in [0.25, 0.3) is 0 Å². The Bertz CT molecular complexity index is 276. The van der Waals surface area contributed by atoms with E-state index < -0.39 is 0 Å². The maximum atomic E-state index is 5.42. The molecule has 0 fully saturated rings. The molecule has 1 aromatic carbocycles.